The normalized spacial score (nSPS) is 26.5. The van der Waals surface area contributed by atoms with Gasteiger partial charge in [-0.15, -0.1) is 0 Å². The quantitative estimate of drug-likeness (QED) is 0.907. The van der Waals surface area contributed by atoms with Crippen LogP contribution in [0, 0.1) is 0 Å². The summed E-state index contributed by atoms with van der Waals surface area (Å²) in [6.45, 7) is 7.71. The van der Waals surface area contributed by atoms with Gasteiger partial charge in [0.2, 0.25) is 0 Å². The molecule has 0 saturated carbocycles. The zero-order valence-electron chi connectivity index (χ0n) is 13.1. The Labute approximate surface area is 132 Å². The number of morpholine rings is 1. The molecule has 1 aliphatic rings. The van der Waals surface area contributed by atoms with E-state index in [1.54, 1.807) is 0 Å². The van der Waals surface area contributed by atoms with Crippen molar-refractivity contribution in [2.75, 3.05) is 13.2 Å². The second kappa shape index (κ2) is 7.59. The monoisotopic (exact) mass is 311 g/mol. The third-order valence-corrected chi connectivity index (χ3v) is 4.55. The van der Waals surface area contributed by atoms with Gasteiger partial charge in [-0.1, -0.05) is 30.7 Å². The first kappa shape index (κ1) is 16.8. The fourth-order valence-electron chi connectivity index (χ4n) is 3.20. The summed E-state index contributed by atoms with van der Waals surface area (Å²) in [5, 5.41) is 10.8. The largest absolute Gasteiger partial charge is 0.392 e. The van der Waals surface area contributed by atoms with E-state index in [9.17, 15) is 5.11 Å². The molecule has 0 bridgehead atoms. The third-order valence-electron chi connectivity index (χ3n) is 4.30. The number of rotatable bonds is 5. The molecule has 1 fully saturated rings. The van der Waals surface area contributed by atoms with E-state index in [1.807, 2.05) is 19.1 Å². The summed E-state index contributed by atoms with van der Waals surface area (Å²) in [6, 6.07) is 8.50. The van der Waals surface area contributed by atoms with E-state index < -0.39 is 0 Å². The van der Waals surface area contributed by atoms with Crippen molar-refractivity contribution in [2.45, 2.75) is 57.9 Å². The predicted octanol–water partition coefficient (Wildman–Crippen LogP) is 3.13. The lowest BCUT2D eigenvalue weighted by Crippen LogP contribution is -2.56. The molecule has 21 heavy (non-hydrogen) atoms. The molecular formula is C17H26ClNO2. The van der Waals surface area contributed by atoms with Gasteiger partial charge in [0.1, 0.15) is 0 Å². The molecule has 0 aliphatic carbocycles. The maximum atomic E-state index is 10.1. The Morgan fingerprint density at radius 3 is 2.62 bits per heavy atom. The lowest BCUT2D eigenvalue weighted by molar-refractivity contribution is -0.0900. The Balaban J connectivity index is 2.12. The van der Waals surface area contributed by atoms with Gasteiger partial charge < -0.3 is 9.84 Å². The first-order valence-corrected chi connectivity index (χ1v) is 8.19. The average molecular weight is 312 g/mol. The molecule has 1 N–H and O–H groups in total. The summed E-state index contributed by atoms with van der Waals surface area (Å²) in [5.74, 6) is 0. The van der Waals surface area contributed by atoms with Gasteiger partial charge >= 0.3 is 0 Å². The fraction of sp³-hybridized carbons (Fsp3) is 0.647. The van der Waals surface area contributed by atoms with Gasteiger partial charge in [-0.25, -0.2) is 0 Å². The van der Waals surface area contributed by atoms with Crippen molar-refractivity contribution < 1.29 is 9.84 Å². The average Bonchev–Trinajstić information content (AvgIpc) is 2.44. The lowest BCUT2D eigenvalue weighted by atomic mass is 9.98. The predicted molar refractivity (Wildman–Crippen MR) is 86.8 cm³/mol. The summed E-state index contributed by atoms with van der Waals surface area (Å²) < 4.78 is 5.84. The first-order valence-electron chi connectivity index (χ1n) is 7.81. The van der Waals surface area contributed by atoms with Crippen LogP contribution in [0.15, 0.2) is 24.3 Å². The molecule has 1 aliphatic heterocycles. The fourth-order valence-corrected chi connectivity index (χ4v) is 3.32. The number of nitrogens with zero attached hydrogens (tertiary/aromatic N) is 1. The molecular weight excluding hydrogens is 286 g/mol. The minimum Gasteiger partial charge on any atom is -0.392 e. The zero-order valence-corrected chi connectivity index (χ0v) is 13.9. The van der Waals surface area contributed by atoms with Crippen LogP contribution < -0.4 is 0 Å². The minimum atomic E-state index is -0.326. The van der Waals surface area contributed by atoms with E-state index in [-0.39, 0.29) is 18.2 Å². The summed E-state index contributed by atoms with van der Waals surface area (Å²) >= 11 is 5.95. The van der Waals surface area contributed by atoms with Crippen LogP contribution >= 0.6 is 11.6 Å². The van der Waals surface area contributed by atoms with Crippen molar-refractivity contribution in [1.82, 2.24) is 4.90 Å². The lowest BCUT2D eigenvalue weighted by Gasteiger charge is -2.44. The molecule has 0 radical (unpaired) electrons. The molecule has 118 valence electrons. The molecule has 1 unspecified atom stereocenters. The molecule has 3 nitrogen and oxygen atoms in total. The maximum Gasteiger partial charge on any atom is 0.0674 e. The Morgan fingerprint density at radius 1 is 1.38 bits per heavy atom. The van der Waals surface area contributed by atoms with Gasteiger partial charge in [0, 0.05) is 23.7 Å². The Morgan fingerprint density at radius 2 is 2.05 bits per heavy atom. The second-order valence-corrected chi connectivity index (χ2v) is 6.48. The SMILES string of the molecule is CC[C@H]([C@@H](C)O)N1C[C@H](C)OCC1Cc1ccc(Cl)cc1. The van der Waals surface area contributed by atoms with E-state index in [0.29, 0.717) is 12.6 Å². The summed E-state index contributed by atoms with van der Waals surface area (Å²) in [7, 11) is 0. The number of benzene rings is 1. The van der Waals surface area contributed by atoms with Crippen molar-refractivity contribution in [3.8, 4) is 0 Å². The summed E-state index contributed by atoms with van der Waals surface area (Å²) in [6.07, 6.45) is 1.77. The van der Waals surface area contributed by atoms with Crippen LogP contribution in [-0.2, 0) is 11.2 Å². The molecule has 1 saturated heterocycles. The molecule has 2 rings (SSSR count). The van der Waals surface area contributed by atoms with Crippen LogP contribution in [0.2, 0.25) is 5.02 Å². The number of aliphatic hydroxyl groups excluding tert-OH is 1. The number of hydrogen-bond acceptors (Lipinski definition) is 3. The first-order chi connectivity index (χ1) is 10.0. The third kappa shape index (κ3) is 4.43. The van der Waals surface area contributed by atoms with Gasteiger partial charge in [-0.3, -0.25) is 4.90 Å². The van der Waals surface area contributed by atoms with Crippen molar-refractivity contribution in [3.05, 3.63) is 34.9 Å². The van der Waals surface area contributed by atoms with Crippen LogP contribution in [0.4, 0.5) is 0 Å². The van der Waals surface area contributed by atoms with Gasteiger partial charge in [0.15, 0.2) is 0 Å². The number of halogens is 1. The van der Waals surface area contributed by atoms with Crippen molar-refractivity contribution in [3.63, 3.8) is 0 Å². The molecule has 0 amide bonds. The van der Waals surface area contributed by atoms with Crippen LogP contribution in [0.3, 0.4) is 0 Å². The molecule has 4 heteroatoms. The number of ether oxygens (including phenoxy) is 1. The van der Waals surface area contributed by atoms with Crippen LogP contribution in [0.5, 0.6) is 0 Å². The van der Waals surface area contributed by atoms with E-state index in [0.717, 1.165) is 24.4 Å². The van der Waals surface area contributed by atoms with Gasteiger partial charge in [0.25, 0.3) is 0 Å². The van der Waals surface area contributed by atoms with Gasteiger partial charge in [-0.05, 0) is 44.4 Å². The van der Waals surface area contributed by atoms with Crippen molar-refractivity contribution in [2.24, 2.45) is 0 Å². The zero-order chi connectivity index (χ0) is 15.4. The van der Waals surface area contributed by atoms with E-state index in [4.69, 9.17) is 16.3 Å². The molecule has 0 spiro atoms. The van der Waals surface area contributed by atoms with Gasteiger partial charge in [0.05, 0.1) is 18.8 Å². The maximum absolute atomic E-state index is 10.1. The van der Waals surface area contributed by atoms with E-state index in [2.05, 4.69) is 30.9 Å². The smallest absolute Gasteiger partial charge is 0.0674 e. The highest BCUT2D eigenvalue weighted by molar-refractivity contribution is 6.30. The molecule has 0 aromatic heterocycles. The number of aliphatic hydroxyl groups is 1. The second-order valence-electron chi connectivity index (χ2n) is 6.04. The molecule has 4 atom stereocenters. The molecule has 1 heterocycles. The molecule has 1 aromatic rings. The topological polar surface area (TPSA) is 32.7 Å². The Kier molecular flexibility index (Phi) is 6.06. The highest BCUT2D eigenvalue weighted by Crippen LogP contribution is 2.22. The Bertz CT molecular complexity index is 435. The minimum absolute atomic E-state index is 0.189. The summed E-state index contributed by atoms with van der Waals surface area (Å²) in [4.78, 5) is 2.42. The number of hydrogen-bond donors (Lipinski definition) is 1. The van der Waals surface area contributed by atoms with Crippen LogP contribution in [0.1, 0.15) is 32.8 Å². The van der Waals surface area contributed by atoms with E-state index >= 15 is 0 Å². The van der Waals surface area contributed by atoms with E-state index in [1.165, 1.54) is 5.56 Å². The standard InChI is InChI=1S/C17H26ClNO2/c1-4-17(13(3)20)19-10-12(2)21-11-16(19)9-14-5-7-15(18)8-6-14/h5-8,12-13,16-17,20H,4,9-11H2,1-3H3/t12-,13+,16?,17+/m0/s1. The van der Waals surface area contributed by atoms with Crippen molar-refractivity contribution in [1.29, 1.82) is 0 Å². The van der Waals surface area contributed by atoms with Gasteiger partial charge in [-0.2, -0.15) is 0 Å². The highest BCUT2D eigenvalue weighted by Gasteiger charge is 2.33. The van der Waals surface area contributed by atoms with Crippen LogP contribution in [-0.4, -0.2) is 47.4 Å². The van der Waals surface area contributed by atoms with Crippen molar-refractivity contribution >= 4 is 11.6 Å². The molecule has 1 aromatic carbocycles. The Hall–Kier alpha value is -0.610. The highest BCUT2D eigenvalue weighted by atomic mass is 35.5. The summed E-state index contributed by atoms with van der Waals surface area (Å²) in [5.41, 5.74) is 1.26. The van der Waals surface area contributed by atoms with Crippen LogP contribution in [0.25, 0.3) is 0 Å².